The molecule has 20 heavy (non-hydrogen) atoms. The van der Waals surface area contributed by atoms with E-state index in [1.54, 1.807) is 0 Å². The van der Waals surface area contributed by atoms with Gasteiger partial charge < -0.3 is 5.32 Å². The first-order chi connectivity index (χ1) is 9.63. The van der Waals surface area contributed by atoms with E-state index < -0.39 is 0 Å². The zero-order chi connectivity index (χ0) is 14.8. The summed E-state index contributed by atoms with van der Waals surface area (Å²) >= 11 is 1.87. The van der Waals surface area contributed by atoms with E-state index in [1.165, 1.54) is 5.56 Å². The lowest BCUT2D eigenvalue weighted by molar-refractivity contribution is 0.0958. The highest BCUT2D eigenvalue weighted by Gasteiger charge is 2.03. The molecule has 4 heteroatoms. The molecule has 0 aliphatic rings. The van der Waals surface area contributed by atoms with Gasteiger partial charge in [0.1, 0.15) is 0 Å². The summed E-state index contributed by atoms with van der Waals surface area (Å²) in [6.07, 6.45) is 0. The van der Waals surface area contributed by atoms with E-state index in [1.807, 2.05) is 55.0 Å². The molecule has 0 aliphatic carbocycles. The molecule has 3 nitrogen and oxygen atoms in total. The predicted octanol–water partition coefficient (Wildman–Crippen LogP) is 2.23. The standard InChI is InChI=1S/C16H22N2OS/c1-4-20-13-14-7-9-15(10-8-14)16(19)17-11-5-6-12-18(2)3/h7-10H,4,11-13H2,1-3H3,(H,17,19). The second kappa shape index (κ2) is 9.46. The van der Waals surface area contributed by atoms with Crippen LogP contribution in [-0.4, -0.2) is 43.7 Å². The van der Waals surface area contributed by atoms with Gasteiger partial charge in [0.15, 0.2) is 0 Å². The number of benzene rings is 1. The average molecular weight is 290 g/mol. The minimum Gasteiger partial charge on any atom is -0.341 e. The fourth-order valence-corrected chi connectivity index (χ4v) is 2.11. The third kappa shape index (κ3) is 6.65. The maximum atomic E-state index is 11.9. The van der Waals surface area contributed by atoms with Gasteiger partial charge in [0.25, 0.3) is 5.91 Å². The molecule has 0 fully saturated rings. The minimum absolute atomic E-state index is 0.0705. The molecule has 0 atom stereocenters. The molecule has 1 rings (SSSR count). The van der Waals surface area contributed by atoms with Crippen molar-refractivity contribution in [1.29, 1.82) is 0 Å². The maximum Gasteiger partial charge on any atom is 0.252 e. The molecular formula is C16H22N2OS. The van der Waals surface area contributed by atoms with Crippen molar-refractivity contribution in [3.63, 3.8) is 0 Å². The monoisotopic (exact) mass is 290 g/mol. The van der Waals surface area contributed by atoms with Crippen LogP contribution in [0.25, 0.3) is 0 Å². The molecule has 0 spiro atoms. The number of carbonyl (C=O) groups excluding carboxylic acids is 1. The predicted molar refractivity (Wildman–Crippen MR) is 86.9 cm³/mol. The fourth-order valence-electron chi connectivity index (χ4n) is 1.48. The van der Waals surface area contributed by atoms with Gasteiger partial charge in [-0.15, -0.1) is 0 Å². The van der Waals surface area contributed by atoms with Gasteiger partial charge in [-0.25, -0.2) is 0 Å². The first-order valence-electron chi connectivity index (χ1n) is 6.68. The van der Waals surface area contributed by atoms with Crippen LogP contribution in [0.1, 0.15) is 22.8 Å². The number of nitrogens with zero attached hydrogens (tertiary/aromatic N) is 1. The first-order valence-corrected chi connectivity index (χ1v) is 7.84. The Hall–Kier alpha value is -1.44. The molecule has 108 valence electrons. The molecule has 0 radical (unpaired) electrons. The first kappa shape index (κ1) is 16.6. The molecule has 0 saturated heterocycles. The van der Waals surface area contributed by atoms with E-state index in [0.29, 0.717) is 18.7 Å². The van der Waals surface area contributed by atoms with E-state index in [0.717, 1.165) is 11.5 Å². The number of thioether (sulfide) groups is 1. The van der Waals surface area contributed by atoms with Crippen LogP contribution < -0.4 is 5.32 Å². The normalized spacial score (nSPS) is 10.0. The van der Waals surface area contributed by atoms with Gasteiger partial charge in [-0.1, -0.05) is 30.9 Å². The van der Waals surface area contributed by atoms with Crippen molar-refractivity contribution < 1.29 is 4.79 Å². The van der Waals surface area contributed by atoms with Crippen molar-refractivity contribution in [2.75, 3.05) is 32.9 Å². The highest BCUT2D eigenvalue weighted by Crippen LogP contribution is 2.12. The van der Waals surface area contributed by atoms with Crippen molar-refractivity contribution in [2.24, 2.45) is 0 Å². The lowest BCUT2D eigenvalue weighted by Gasteiger charge is -2.04. The Morgan fingerprint density at radius 1 is 1.25 bits per heavy atom. The summed E-state index contributed by atoms with van der Waals surface area (Å²) < 4.78 is 0. The van der Waals surface area contributed by atoms with Crippen LogP contribution in [0.3, 0.4) is 0 Å². The molecule has 0 bridgehead atoms. The van der Waals surface area contributed by atoms with Gasteiger partial charge in [0, 0.05) is 11.3 Å². The van der Waals surface area contributed by atoms with Gasteiger partial charge in [0.05, 0.1) is 13.1 Å². The highest BCUT2D eigenvalue weighted by atomic mass is 32.2. The molecule has 1 amide bonds. The van der Waals surface area contributed by atoms with Crippen LogP contribution in [0.5, 0.6) is 0 Å². The summed E-state index contributed by atoms with van der Waals surface area (Å²) in [6, 6.07) is 7.76. The van der Waals surface area contributed by atoms with E-state index in [9.17, 15) is 4.79 Å². The van der Waals surface area contributed by atoms with Crippen molar-refractivity contribution >= 4 is 17.7 Å². The zero-order valence-corrected chi connectivity index (χ0v) is 13.2. The van der Waals surface area contributed by atoms with Crippen molar-refractivity contribution in [3.05, 3.63) is 35.4 Å². The van der Waals surface area contributed by atoms with Gasteiger partial charge in [-0.2, -0.15) is 11.8 Å². The molecular weight excluding hydrogens is 268 g/mol. The Balaban J connectivity index is 2.41. The molecule has 1 aromatic rings. The summed E-state index contributed by atoms with van der Waals surface area (Å²) in [7, 11) is 3.93. The number of amides is 1. The zero-order valence-electron chi connectivity index (χ0n) is 12.4. The number of carbonyl (C=O) groups is 1. The Morgan fingerprint density at radius 3 is 2.55 bits per heavy atom. The van der Waals surface area contributed by atoms with Gasteiger partial charge in [-0.3, -0.25) is 9.69 Å². The minimum atomic E-state index is -0.0705. The molecule has 0 saturated carbocycles. The number of hydrogen-bond acceptors (Lipinski definition) is 3. The summed E-state index contributed by atoms with van der Waals surface area (Å²) in [4.78, 5) is 13.9. The van der Waals surface area contributed by atoms with Gasteiger partial charge in [-0.05, 0) is 37.5 Å². The maximum absolute atomic E-state index is 11.9. The number of hydrogen-bond donors (Lipinski definition) is 1. The molecule has 0 unspecified atom stereocenters. The van der Waals surface area contributed by atoms with Crippen LogP contribution in [0.4, 0.5) is 0 Å². The summed E-state index contributed by atoms with van der Waals surface area (Å²) in [5, 5.41) is 2.80. The Labute approximate surface area is 126 Å². The second-order valence-corrected chi connectivity index (χ2v) is 5.88. The molecule has 1 aromatic carbocycles. The largest absolute Gasteiger partial charge is 0.341 e. The number of nitrogens with one attached hydrogen (secondary N) is 1. The Kier molecular flexibility index (Phi) is 7.86. The topological polar surface area (TPSA) is 32.3 Å². The van der Waals surface area contributed by atoms with E-state index in [4.69, 9.17) is 0 Å². The number of rotatable bonds is 6. The van der Waals surface area contributed by atoms with Crippen LogP contribution >= 0.6 is 11.8 Å². The second-order valence-electron chi connectivity index (χ2n) is 4.61. The highest BCUT2D eigenvalue weighted by molar-refractivity contribution is 7.98. The van der Waals surface area contributed by atoms with Crippen LogP contribution in [0.2, 0.25) is 0 Å². The van der Waals surface area contributed by atoms with E-state index >= 15 is 0 Å². The molecule has 0 aromatic heterocycles. The SMILES string of the molecule is CCSCc1ccc(C(=O)NCC#CCN(C)C)cc1. The van der Waals surface area contributed by atoms with Crippen LogP contribution in [0, 0.1) is 11.8 Å². The quantitative estimate of drug-likeness (QED) is 0.816. The molecule has 1 N–H and O–H groups in total. The summed E-state index contributed by atoms with van der Waals surface area (Å²) in [6.45, 7) is 3.24. The third-order valence-corrected chi connectivity index (χ3v) is 3.49. The average Bonchev–Trinajstić information content (AvgIpc) is 2.44. The van der Waals surface area contributed by atoms with Gasteiger partial charge >= 0.3 is 0 Å². The summed E-state index contributed by atoms with van der Waals surface area (Å²) in [5.41, 5.74) is 1.93. The van der Waals surface area contributed by atoms with Crippen molar-refractivity contribution in [1.82, 2.24) is 10.2 Å². The fraction of sp³-hybridized carbons (Fsp3) is 0.438. The van der Waals surface area contributed by atoms with E-state index in [2.05, 4.69) is 24.1 Å². The van der Waals surface area contributed by atoms with E-state index in [-0.39, 0.29) is 5.91 Å². The smallest absolute Gasteiger partial charge is 0.252 e. The Bertz CT molecular complexity index is 471. The third-order valence-electron chi connectivity index (χ3n) is 2.55. The van der Waals surface area contributed by atoms with Crippen molar-refractivity contribution in [2.45, 2.75) is 12.7 Å². The van der Waals surface area contributed by atoms with Gasteiger partial charge in [0.2, 0.25) is 0 Å². The molecule has 0 aliphatic heterocycles. The molecule has 0 heterocycles. The van der Waals surface area contributed by atoms with Crippen LogP contribution in [-0.2, 0) is 5.75 Å². The lowest BCUT2D eigenvalue weighted by Crippen LogP contribution is -2.23. The van der Waals surface area contributed by atoms with Crippen molar-refractivity contribution in [3.8, 4) is 11.8 Å². The Morgan fingerprint density at radius 2 is 1.95 bits per heavy atom. The lowest BCUT2D eigenvalue weighted by atomic mass is 10.1. The summed E-state index contributed by atoms with van der Waals surface area (Å²) in [5.74, 6) is 7.94. The van der Waals surface area contributed by atoms with Crippen LogP contribution in [0.15, 0.2) is 24.3 Å².